The van der Waals surface area contributed by atoms with E-state index in [0.717, 1.165) is 39.0 Å². The van der Waals surface area contributed by atoms with Gasteiger partial charge in [0.25, 0.3) is 0 Å². The first-order chi connectivity index (χ1) is 12.7. The molecule has 0 spiro atoms. The van der Waals surface area contributed by atoms with Crippen LogP contribution < -0.4 is 5.73 Å². The Balaban J connectivity index is 2.05. The van der Waals surface area contributed by atoms with Crippen molar-refractivity contribution >= 4 is 23.1 Å². The number of aromatic nitrogens is 3. The maximum atomic E-state index is 6.24. The maximum absolute atomic E-state index is 6.24. The highest BCUT2D eigenvalue weighted by atomic mass is 15.1. The van der Waals surface area contributed by atoms with Crippen LogP contribution in [0.5, 0.6) is 0 Å². The van der Waals surface area contributed by atoms with Crippen LogP contribution in [0.1, 0.15) is 5.56 Å². The predicted octanol–water partition coefficient (Wildman–Crippen LogP) is 3.93. The summed E-state index contributed by atoms with van der Waals surface area (Å²) in [5, 5.41) is 0.885. The number of hydrogen-bond acceptors (Lipinski definition) is 4. The molecule has 0 atom stereocenters. The zero-order valence-corrected chi connectivity index (χ0v) is 14.7. The molecule has 2 N–H and O–H groups in total. The molecule has 0 amide bonds. The Labute approximate surface area is 151 Å². The Hall–Kier alpha value is -3.47. The lowest BCUT2D eigenvalue weighted by atomic mass is 9.98. The number of aryl methyl sites for hydroxylation is 1. The predicted molar refractivity (Wildman–Crippen MR) is 107 cm³/mol. The van der Waals surface area contributed by atoms with Crippen molar-refractivity contribution in [1.82, 2.24) is 14.5 Å². The lowest BCUT2D eigenvalue weighted by Gasteiger charge is -2.09. The van der Waals surface area contributed by atoms with Crippen LogP contribution in [0, 0.1) is 0 Å². The minimum Gasteiger partial charge on any atom is -0.383 e. The fraction of sp³-hybridized carbons (Fsp3) is 0.0952. The van der Waals surface area contributed by atoms with Gasteiger partial charge in [-0.2, -0.15) is 0 Å². The van der Waals surface area contributed by atoms with Crippen LogP contribution in [0.3, 0.4) is 0 Å². The Kier molecular flexibility index (Phi) is 3.97. The number of nitrogens with two attached hydrogens (primary N) is 1. The van der Waals surface area contributed by atoms with E-state index in [1.807, 2.05) is 31.5 Å². The molecule has 0 bridgehead atoms. The molecular formula is C21H19N5. The van der Waals surface area contributed by atoms with Gasteiger partial charge in [-0.25, -0.2) is 9.97 Å². The van der Waals surface area contributed by atoms with Crippen LogP contribution in [-0.4, -0.2) is 27.8 Å². The highest BCUT2D eigenvalue weighted by Gasteiger charge is 2.21. The molecule has 5 nitrogen and oxygen atoms in total. The Morgan fingerprint density at radius 1 is 0.962 bits per heavy atom. The molecule has 2 aromatic carbocycles. The van der Waals surface area contributed by atoms with Gasteiger partial charge in [0, 0.05) is 25.9 Å². The SMILES string of the molecule is C/N=C/c1ccc(-c2c(-c3ccccc3)c3c(N)ncnc3n2C)cc1. The number of nitrogens with zero attached hydrogens (tertiary/aromatic N) is 4. The standard InChI is InChI=1S/C21H19N5/c1-23-12-14-8-10-16(11-9-14)19-17(15-6-4-3-5-7-15)18-20(22)24-13-25-21(18)26(19)2/h3-13H,1-2H3,(H2,22,24,25)/b23-12+. The summed E-state index contributed by atoms with van der Waals surface area (Å²) in [5.41, 5.74) is 12.4. The van der Waals surface area contributed by atoms with Crippen molar-refractivity contribution in [3.05, 3.63) is 66.5 Å². The van der Waals surface area contributed by atoms with E-state index < -0.39 is 0 Å². The average molecular weight is 341 g/mol. The number of aliphatic imine (C=N–C) groups is 1. The van der Waals surface area contributed by atoms with Crippen LogP contribution in [0.25, 0.3) is 33.4 Å². The molecule has 0 aliphatic rings. The van der Waals surface area contributed by atoms with Crippen LogP contribution in [0.15, 0.2) is 65.9 Å². The minimum atomic E-state index is 0.491. The fourth-order valence-electron chi connectivity index (χ4n) is 3.38. The van der Waals surface area contributed by atoms with E-state index in [9.17, 15) is 0 Å². The molecule has 26 heavy (non-hydrogen) atoms. The van der Waals surface area contributed by atoms with Crippen molar-refractivity contribution in [2.75, 3.05) is 12.8 Å². The number of hydrogen-bond donors (Lipinski definition) is 1. The number of fused-ring (bicyclic) bond motifs is 1. The van der Waals surface area contributed by atoms with Gasteiger partial charge in [-0.3, -0.25) is 4.99 Å². The summed E-state index contributed by atoms with van der Waals surface area (Å²) in [7, 11) is 3.78. The van der Waals surface area contributed by atoms with Gasteiger partial charge in [0.2, 0.25) is 0 Å². The summed E-state index contributed by atoms with van der Waals surface area (Å²) in [6.45, 7) is 0. The molecule has 2 heterocycles. The Bertz CT molecular complexity index is 1090. The van der Waals surface area contributed by atoms with E-state index in [1.54, 1.807) is 7.05 Å². The smallest absolute Gasteiger partial charge is 0.146 e. The van der Waals surface area contributed by atoms with Gasteiger partial charge < -0.3 is 10.3 Å². The lowest BCUT2D eigenvalue weighted by Crippen LogP contribution is -1.95. The van der Waals surface area contributed by atoms with E-state index in [2.05, 4.69) is 55.9 Å². The first kappa shape index (κ1) is 16.0. The number of rotatable bonds is 3. The normalized spacial score (nSPS) is 11.5. The topological polar surface area (TPSA) is 69.1 Å². The molecule has 5 heteroatoms. The molecule has 0 saturated heterocycles. The molecule has 4 aromatic rings. The second-order valence-corrected chi connectivity index (χ2v) is 6.12. The summed E-state index contributed by atoms with van der Waals surface area (Å²) in [6, 6.07) is 18.5. The first-order valence-electron chi connectivity index (χ1n) is 8.37. The van der Waals surface area contributed by atoms with Crippen LogP contribution in [0.2, 0.25) is 0 Å². The van der Waals surface area contributed by atoms with Crippen LogP contribution >= 0.6 is 0 Å². The summed E-state index contributed by atoms with van der Waals surface area (Å²) < 4.78 is 2.08. The third-order valence-corrected chi connectivity index (χ3v) is 4.52. The molecule has 0 aliphatic carbocycles. The number of anilines is 1. The highest BCUT2D eigenvalue weighted by Crippen LogP contribution is 2.41. The maximum Gasteiger partial charge on any atom is 0.146 e. The highest BCUT2D eigenvalue weighted by molar-refractivity contribution is 6.07. The number of benzene rings is 2. The van der Waals surface area contributed by atoms with Crippen molar-refractivity contribution in [3.63, 3.8) is 0 Å². The summed E-state index contributed by atoms with van der Waals surface area (Å²) in [4.78, 5) is 12.8. The summed E-state index contributed by atoms with van der Waals surface area (Å²) >= 11 is 0. The van der Waals surface area contributed by atoms with E-state index in [1.165, 1.54) is 6.33 Å². The fourth-order valence-corrected chi connectivity index (χ4v) is 3.38. The zero-order valence-electron chi connectivity index (χ0n) is 14.7. The molecule has 0 radical (unpaired) electrons. The molecule has 4 rings (SSSR count). The molecule has 0 aliphatic heterocycles. The van der Waals surface area contributed by atoms with Crippen LogP contribution in [-0.2, 0) is 7.05 Å². The molecule has 2 aromatic heterocycles. The second-order valence-electron chi connectivity index (χ2n) is 6.12. The molecule has 0 saturated carbocycles. The molecular weight excluding hydrogens is 322 g/mol. The van der Waals surface area contributed by atoms with Crippen molar-refractivity contribution in [3.8, 4) is 22.4 Å². The van der Waals surface area contributed by atoms with E-state index in [4.69, 9.17) is 5.73 Å². The lowest BCUT2D eigenvalue weighted by molar-refractivity contribution is 0.953. The molecule has 0 unspecified atom stereocenters. The Morgan fingerprint density at radius 3 is 2.38 bits per heavy atom. The van der Waals surface area contributed by atoms with Crippen molar-refractivity contribution < 1.29 is 0 Å². The number of nitrogen functional groups attached to an aromatic ring is 1. The third-order valence-electron chi connectivity index (χ3n) is 4.52. The Morgan fingerprint density at radius 2 is 1.69 bits per heavy atom. The van der Waals surface area contributed by atoms with Crippen molar-refractivity contribution in [2.24, 2.45) is 12.0 Å². The van der Waals surface area contributed by atoms with Crippen LogP contribution in [0.4, 0.5) is 5.82 Å². The monoisotopic (exact) mass is 341 g/mol. The molecule has 128 valence electrons. The van der Waals surface area contributed by atoms with Gasteiger partial charge in [-0.1, -0.05) is 54.6 Å². The van der Waals surface area contributed by atoms with Crippen molar-refractivity contribution in [1.29, 1.82) is 0 Å². The van der Waals surface area contributed by atoms with Gasteiger partial charge in [0.15, 0.2) is 0 Å². The zero-order chi connectivity index (χ0) is 18.1. The largest absolute Gasteiger partial charge is 0.383 e. The van der Waals surface area contributed by atoms with E-state index in [0.29, 0.717) is 5.82 Å². The quantitative estimate of drug-likeness (QED) is 0.574. The minimum absolute atomic E-state index is 0.491. The van der Waals surface area contributed by atoms with Gasteiger partial charge in [-0.15, -0.1) is 0 Å². The first-order valence-corrected chi connectivity index (χ1v) is 8.37. The third kappa shape index (κ3) is 2.54. The van der Waals surface area contributed by atoms with E-state index >= 15 is 0 Å². The molecule has 0 fully saturated rings. The average Bonchev–Trinajstić information content (AvgIpc) is 2.98. The van der Waals surface area contributed by atoms with Gasteiger partial charge in [-0.05, 0) is 16.7 Å². The van der Waals surface area contributed by atoms with Gasteiger partial charge in [0.1, 0.15) is 17.8 Å². The second kappa shape index (κ2) is 6.44. The van der Waals surface area contributed by atoms with E-state index in [-0.39, 0.29) is 0 Å². The summed E-state index contributed by atoms with van der Waals surface area (Å²) in [5.74, 6) is 0.491. The summed E-state index contributed by atoms with van der Waals surface area (Å²) in [6.07, 6.45) is 3.35. The van der Waals surface area contributed by atoms with Gasteiger partial charge >= 0.3 is 0 Å². The van der Waals surface area contributed by atoms with Crippen molar-refractivity contribution in [2.45, 2.75) is 0 Å². The van der Waals surface area contributed by atoms with Gasteiger partial charge in [0.05, 0.1) is 11.1 Å².